The molecule has 6 nitrogen and oxygen atoms in total. The summed E-state index contributed by atoms with van der Waals surface area (Å²) in [5.41, 5.74) is 0.881. The number of rotatable bonds is 4. The second-order valence-corrected chi connectivity index (χ2v) is 8.62. The summed E-state index contributed by atoms with van der Waals surface area (Å²) in [6.45, 7) is 1.89. The van der Waals surface area contributed by atoms with E-state index in [4.69, 9.17) is 0 Å². The third kappa shape index (κ3) is 3.86. The van der Waals surface area contributed by atoms with E-state index in [9.17, 15) is 22.4 Å². The van der Waals surface area contributed by atoms with Gasteiger partial charge in [0.05, 0.1) is 23.2 Å². The van der Waals surface area contributed by atoms with Gasteiger partial charge in [-0.2, -0.15) is 13.2 Å². The lowest BCUT2D eigenvalue weighted by molar-refractivity contribution is -0.138. The smallest absolute Gasteiger partial charge is 0.363 e. The molecule has 0 aliphatic carbocycles. The lowest BCUT2D eigenvalue weighted by atomic mass is 9.95. The predicted octanol–water partition coefficient (Wildman–Crippen LogP) is 4.86. The van der Waals surface area contributed by atoms with Gasteiger partial charge in [0.1, 0.15) is 0 Å². The highest BCUT2D eigenvalue weighted by molar-refractivity contribution is 6.01. The number of benzene rings is 1. The Kier molecular flexibility index (Phi) is 5.45. The molecule has 5 rings (SSSR count). The molecule has 1 amide bonds. The topological polar surface area (TPSA) is 71.0 Å². The van der Waals surface area contributed by atoms with Gasteiger partial charge in [-0.25, -0.2) is 19.3 Å². The summed E-state index contributed by atoms with van der Waals surface area (Å²) in [6.07, 6.45) is 1.25. The molecule has 34 heavy (non-hydrogen) atoms. The monoisotopic (exact) mass is 471 g/mol. The Balaban J connectivity index is 1.41. The molecule has 1 N–H and O–H groups in total. The molecule has 3 atom stereocenters. The van der Waals surface area contributed by atoms with Crippen molar-refractivity contribution in [3.63, 3.8) is 0 Å². The standard InChI is InChI=1S/C24H21F4N5O/c1-13-4-2-5-16(20(13)22-29-8-3-9-30-22)23(34)33-15-6-7-19(33)18(11-15)32-21-17(25)10-14(12-31-21)24(26,27)28/h2-5,8-10,12,15,18-19H,6-7,11H2,1H3,(H,31,32)/t15-,18-,19+/m1/s1. The molecule has 2 aliphatic heterocycles. The molecule has 0 unspecified atom stereocenters. The summed E-state index contributed by atoms with van der Waals surface area (Å²) in [5.74, 6) is -1.02. The van der Waals surface area contributed by atoms with Crippen LogP contribution in [0.4, 0.5) is 23.4 Å². The number of alkyl halides is 3. The third-order valence-corrected chi connectivity index (χ3v) is 6.55. The molecule has 0 radical (unpaired) electrons. The van der Waals surface area contributed by atoms with Crippen LogP contribution in [0.2, 0.25) is 0 Å². The zero-order valence-corrected chi connectivity index (χ0v) is 18.2. The van der Waals surface area contributed by atoms with Crippen molar-refractivity contribution in [1.82, 2.24) is 19.9 Å². The van der Waals surface area contributed by atoms with Gasteiger partial charge in [0.25, 0.3) is 5.91 Å². The first-order valence-electron chi connectivity index (χ1n) is 10.9. The Bertz CT molecular complexity index is 1230. The number of hydrogen-bond acceptors (Lipinski definition) is 5. The quantitative estimate of drug-likeness (QED) is 0.551. The maximum atomic E-state index is 14.4. The molecule has 2 aromatic heterocycles. The van der Waals surface area contributed by atoms with Crippen LogP contribution in [0.15, 0.2) is 48.9 Å². The maximum Gasteiger partial charge on any atom is 0.417 e. The average Bonchev–Trinajstić information content (AvgIpc) is 3.37. The fourth-order valence-corrected chi connectivity index (χ4v) is 5.05. The van der Waals surface area contributed by atoms with E-state index in [0.717, 1.165) is 12.0 Å². The number of fused-ring (bicyclic) bond motifs is 2. The van der Waals surface area contributed by atoms with E-state index < -0.39 is 17.6 Å². The molecule has 2 aliphatic rings. The van der Waals surface area contributed by atoms with Gasteiger partial charge in [-0.15, -0.1) is 0 Å². The van der Waals surface area contributed by atoms with Crippen molar-refractivity contribution in [2.24, 2.45) is 0 Å². The van der Waals surface area contributed by atoms with Gasteiger partial charge < -0.3 is 10.2 Å². The number of halogens is 4. The second kappa shape index (κ2) is 8.34. The molecular formula is C24H21F4N5O. The maximum absolute atomic E-state index is 14.4. The molecule has 2 bridgehead atoms. The molecule has 176 valence electrons. The van der Waals surface area contributed by atoms with Crippen molar-refractivity contribution in [3.05, 3.63) is 71.4 Å². The van der Waals surface area contributed by atoms with Gasteiger partial charge in [-0.1, -0.05) is 12.1 Å². The SMILES string of the molecule is Cc1cccc(C(=O)N2[C@@H]3CC[C@H]2[C@H](Nc2ncc(C(F)(F)F)cc2F)C3)c1-c1ncccn1. The van der Waals surface area contributed by atoms with Crippen molar-refractivity contribution in [2.75, 3.05) is 5.32 Å². The molecule has 2 fully saturated rings. The van der Waals surface area contributed by atoms with Gasteiger partial charge in [0, 0.05) is 30.2 Å². The molecule has 10 heteroatoms. The zero-order valence-electron chi connectivity index (χ0n) is 18.2. The number of nitrogens with one attached hydrogen (secondary N) is 1. The van der Waals surface area contributed by atoms with Gasteiger partial charge in [-0.05, 0) is 49.9 Å². The van der Waals surface area contributed by atoms with E-state index >= 15 is 0 Å². The van der Waals surface area contributed by atoms with Crippen LogP contribution >= 0.6 is 0 Å². The first kappa shape index (κ1) is 22.2. The fourth-order valence-electron chi connectivity index (χ4n) is 5.05. The largest absolute Gasteiger partial charge is 0.417 e. The van der Waals surface area contributed by atoms with Crippen LogP contribution in [0.3, 0.4) is 0 Å². The third-order valence-electron chi connectivity index (χ3n) is 6.55. The highest BCUT2D eigenvalue weighted by Gasteiger charge is 2.49. The van der Waals surface area contributed by atoms with Crippen molar-refractivity contribution in [2.45, 2.75) is 50.5 Å². The van der Waals surface area contributed by atoms with Crippen LogP contribution in [-0.4, -0.2) is 43.9 Å². The van der Waals surface area contributed by atoms with Crippen LogP contribution in [0.1, 0.15) is 40.7 Å². The number of hydrogen-bond donors (Lipinski definition) is 1. The number of carbonyl (C=O) groups excluding carboxylic acids is 1. The highest BCUT2D eigenvalue weighted by Crippen LogP contribution is 2.41. The zero-order chi connectivity index (χ0) is 24.0. The fraction of sp³-hybridized carbons (Fsp3) is 0.333. The number of pyridine rings is 1. The summed E-state index contributed by atoms with van der Waals surface area (Å²) < 4.78 is 52.9. The minimum absolute atomic E-state index is 0.0578. The Morgan fingerprint density at radius 1 is 1.12 bits per heavy atom. The summed E-state index contributed by atoms with van der Waals surface area (Å²) in [6, 6.07) is 6.98. The number of carbonyl (C=O) groups is 1. The Morgan fingerprint density at radius 3 is 2.59 bits per heavy atom. The van der Waals surface area contributed by atoms with Crippen LogP contribution in [-0.2, 0) is 6.18 Å². The van der Waals surface area contributed by atoms with E-state index in [2.05, 4.69) is 20.3 Å². The van der Waals surface area contributed by atoms with Crippen molar-refractivity contribution in [3.8, 4) is 11.4 Å². The number of amides is 1. The van der Waals surface area contributed by atoms with Gasteiger partial charge >= 0.3 is 6.18 Å². The summed E-state index contributed by atoms with van der Waals surface area (Å²) in [7, 11) is 0. The minimum Gasteiger partial charge on any atom is -0.363 e. The Morgan fingerprint density at radius 2 is 1.88 bits per heavy atom. The first-order valence-corrected chi connectivity index (χ1v) is 10.9. The number of aryl methyl sites for hydroxylation is 1. The summed E-state index contributed by atoms with van der Waals surface area (Å²) in [5, 5.41) is 2.94. The Hall–Kier alpha value is -3.56. The molecule has 3 aromatic rings. The molecule has 2 saturated heterocycles. The lowest BCUT2D eigenvalue weighted by Crippen LogP contribution is -2.40. The Labute approximate surface area is 193 Å². The van der Waals surface area contributed by atoms with Crippen LogP contribution in [0.5, 0.6) is 0 Å². The van der Waals surface area contributed by atoms with Gasteiger partial charge in [0.15, 0.2) is 17.5 Å². The van der Waals surface area contributed by atoms with Gasteiger partial charge in [0.2, 0.25) is 0 Å². The van der Waals surface area contributed by atoms with Crippen molar-refractivity contribution >= 4 is 11.7 Å². The van der Waals surface area contributed by atoms with E-state index in [-0.39, 0.29) is 29.9 Å². The highest BCUT2D eigenvalue weighted by atomic mass is 19.4. The predicted molar refractivity (Wildman–Crippen MR) is 116 cm³/mol. The van der Waals surface area contributed by atoms with E-state index in [1.807, 2.05) is 19.1 Å². The van der Waals surface area contributed by atoms with E-state index in [1.165, 1.54) is 0 Å². The normalized spacial score (nSPS) is 21.7. The summed E-state index contributed by atoms with van der Waals surface area (Å²) in [4.78, 5) is 27.8. The molecule has 4 heterocycles. The van der Waals surface area contributed by atoms with Crippen LogP contribution in [0.25, 0.3) is 11.4 Å². The second-order valence-electron chi connectivity index (χ2n) is 8.62. The lowest BCUT2D eigenvalue weighted by Gasteiger charge is -2.26. The van der Waals surface area contributed by atoms with Crippen LogP contribution < -0.4 is 5.32 Å². The van der Waals surface area contributed by atoms with Gasteiger partial charge in [-0.3, -0.25) is 4.79 Å². The average molecular weight is 471 g/mol. The van der Waals surface area contributed by atoms with Crippen molar-refractivity contribution in [1.29, 1.82) is 0 Å². The molecule has 0 saturated carbocycles. The number of aromatic nitrogens is 3. The number of anilines is 1. The summed E-state index contributed by atoms with van der Waals surface area (Å²) >= 11 is 0. The molecular weight excluding hydrogens is 450 g/mol. The first-order chi connectivity index (χ1) is 16.2. The molecule has 1 aromatic carbocycles. The van der Waals surface area contributed by atoms with E-state index in [0.29, 0.717) is 42.1 Å². The van der Waals surface area contributed by atoms with Crippen LogP contribution in [0, 0.1) is 12.7 Å². The minimum atomic E-state index is -4.67. The van der Waals surface area contributed by atoms with E-state index in [1.54, 1.807) is 29.4 Å². The molecule has 0 spiro atoms. The number of nitrogens with zero attached hydrogens (tertiary/aromatic N) is 4. The van der Waals surface area contributed by atoms with Crippen molar-refractivity contribution < 1.29 is 22.4 Å².